The van der Waals surface area contributed by atoms with Crippen LogP contribution in [-0.2, 0) is 0 Å². The van der Waals surface area contributed by atoms with Gasteiger partial charge in [0, 0.05) is 18.0 Å². The van der Waals surface area contributed by atoms with Gasteiger partial charge in [-0.1, -0.05) is 11.6 Å². The van der Waals surface area contributed by atoms with E-state index in [-0.39, 0.29) is 6.04 Å². The van der Waals surface area contributed by atoms with Crippen LogP contribution in [0, 0.1) is 13.8 Å². The van der Waals surface area contributed by atoms with Gasteiger partial charge < -0.3 is 9.73 Å². The molecule has 0 saturated heterocycles. The number of pyridine rings is 1. The van der Waals surface area contributed by atoms with Crippen molar-refractivity contribution in [2.45, 2.75) is 26.8 Å². The van der Waals surface area contributed by atoms with Crippen molar-refractivity contribution in [3.05, 3.63) is 46.6 Å². The van der Waals surface area contributed by atoms with Gasteiger partial charge in [0.2, 0.25) is 0 Å². The Morgan fingerprint density at radius 1 is 1.41 bits per heavy atom. The van der Waals surface area contributed by atoms with Crippen LogP contribution in [0.5, 0.6) is 0 Å². The third-order valence-electron chi connectivity index (χ3n) is 2.69. The highest BCUT2D eigenvalue weighted by Crippen LogP contribution is 2.27. The molecule has 0 radical (unpaired) electrons. The first-order valence-corrected chi connectivity index (χ1v) is 5.88. The maximum absolute atomic E-state index is 6.05. The van der Waals surface area contributed by atoms with Gasteiger partial charge in [0.1, 0.15) is 11.5 Å². The summed E-state index contributed by atoms with van der Waals surface area (Å²) in [6.07, 6.45) is 3.35. The second kappa shape index (κ2) is 4.80. The molecule has 2 aromatic rings. The molecule has 2 rings (SSSR count). The standard InChI is InChI=1S/C13H15ClN2O/c1-8-6-11(10(3)17-8)9(2)16-13-4-5-15-7-12(13)14/h4-7,9H,1-3H3,(H,15,16). The van der Waals surface area contributed by atoms with E-state index in [4.69, 9.17) is 16.0 Å². The molecule has 0 spiro atoms. The molecule has 0 amide bonds. The van der Waals surface area contributed by atoms with Gasteiger partial charge in [-0.15, -0.1) is 0 Å². The number of halogens is 1. The minimum absolute atomic E-state index is 0.146. The molecular formula is C13H15ClN2O. The molecule has 2 heterocycles. The van der Waals surface area contributed by atoms with Crippen LogP contribution in [0.25, 0.3) is 0 Å². The average molecular weight is 251 g/mol. The quantitative estimate of drug-likeness (QED) is 0.891. The van der Waals surface area contributed by atoms with Gasteiger partial charge in [-0.3, -0.25) is 4.98 Å². The van der Waals surface area contributed by atoms with Gasteiger partial charge in [0.05, 0.1) is 16.8 Å². The van der Waals surface area contributed by atoms with E-state index in [2.05, 4.69) is 17.2 Å². The summed E-state index contributed by atoms with van der Waals surface area (Å²) in [6, 6.07) is 4.05. The Morgan fingerprint density at radius 3 is 2.76 bits per heavy atom. The summed E-state index contributed by atoms with van der Waals surface area (Å²) in [6.45, 7) is 5.99. The highest BCUT2D eigenvalue weighted by molar-refractivity contribution is 6.33. The number of aryl methyl sites for hydroxylation is 2. The molecule has 3 nitrogen and oxygen atoms in total. The van der Waals surface area contributed by atoms with Crippen LogP contribution in [0.15, 0.2) is 28.9 Å². The predicted octanol–water partition coefficient (Wildman–Crippen LogP) is 4.12. The fraction of sp³-hybridized carbons (Fsp3) is 0.308. The van der Waals surface area contributed by atoms with Crippen LogP contribution in [0.1, 0.15) is 30.0 Å². The Kier molecular flexibility index (Phi) is 3.38. The van der Waals surface area contributed by atoms with Crippen LogP contribution in [-0.4, -0.2) is 4.98 Å². The summed E-state index contributed by atoms with van der Waals surface area (Å²) < 4.78 is 5.52. The van der Waals surface area contributed by atoms with Gasteiger partial charge in [0.15, 0.2) is 0 Å². The van der Waals surface area contributed by atoms with Crippen LogP contribution >= 0.6 is 11.6 Å². The second-order valence-electron chi connectivity index (χ2n) is 4.09. The van der Waals surface area contributed by atoms with Gasteiger partial charge in [0.25, 0.3) is 0 Å². The van der Waals surface area contributed by atoms with Gasteiger partial charge in [-0.25, -0.2) is 0 Å². The Balaban J connectivity index is 2.20. The van der Waals surface area contributed by atoms with Crippen LogP contribution in [0.2, 0.25) is 5.02 Å². The maximum atomic E-state index is 6.05. The van der Waals surface area contributed by atoms with Gasteiger partial charge >= 0.3 is 0 Å². The number of aromatic nitrogens is 1. The minimum Gasteiger partial charge on any atom is -0.466 e. The zero-order valence-corrected chi connectivity index (χ0v) is 10.9. The third-order valence-corrected chi connectivity index (χ3v) is 2.99. The molecule has 0 aliphatic rings. The zero-order chi connectivity index (χ0) is 12.4. The summed E-state index contributed by atoms with van der Waals surface area (Å²) in [5, 5.41) is 3.97. The summed E-state index contributed by atoms with van der Waals surface area (Å²) >= 11 is 6.05. The van der Waals surface area contributed by atoms with Crippen molar-refractivity contribution in [3.8, 4) is 0 Å². The fourth-order valence-electron chi connectivity index (χ4n) is 1.88. The number of anilines is 1. The number of nitrogens with one attached hydrogen (secondary N) is 1. The van der Waals surface area contributed by atoms with E-state index < -0.39 is 0 Å². The van der Waals surface area contributed by atoms with Crippen molar-refractivity contribution in [2.24, 2.45) is 0 Å². The molecule has 0 saturated carbocycles. The van der Waals surface area contributed by atoms with Crippen molar-refractivity contribution in [1.29, 1.82) is 0 Å². The summed E-state index contributed by atoms with van der Waals surface area (Å²) in [4.78, 5) is 3.96. The topological polar surface area (TPSA) is 38.1 Å². The SMILES string of the molecule is Cc1cc(C(C)Nc2ccncc2Cl)c(C)o1. The highest BCUT2D eigenvalue weighted by Gasteiger charge is 2.13. The lowest BCUT2D eigenvalue weighted by Crippen LogP contribution is -2.07. The lowest BCUT2D eigenvalue weighted by molar-refractivity contribution is 0.500. The molecule has 4 heteroatoms. The normalized spacial score (nSPS) is 12.5. The fourth-order valence-corrected chi connectivity index (χ4v) is 2.06. The van der Waals surface area contributed by atoms with E-state index in [1.807, 2.05) is 26.0 Å². The van der Waals surface area contributed by atoms with E-state index >= 15 is 0 Å². The molecule has 1 unspecified atom stereocenters. The first-order chi connectivity index (χ1) is 8.08. The smallest absolute Gasteiger partial charge is 0.106 e. The maximum Gasteiger partial charge on any atom is 0.106 e. The van der Waals surface area contributed by atoms with E-state index in [1.165, 1.54) is 0 Å². The van der Waals surface area contributed by atoms with Crippen molar-refractivity contribution < 1.29 is 4.42 Å². The van der Waals surface area contributed by atoms with Crippen LogP contribution in [0.3, 0.4) is 0 Å². The molecule has 2 aromatic heterocycles. The second-order valence-corrected chi connectivity index (χ2v) is 4.50. The molecular weight excluding hydrogens is 236 g/mol. The predicted molar refractivity (Wildman–Crippen MR) is 69.5 cm³/mol. The summed E-state index contributed by atoms with van der Waals surface area (Å²) in [5.74, 6) is 1.86. The molecule has 0 aliphatic carbocycles. The minimum atomic E-state index is 0.146. The number of nitrogens with zero attached hydrogens (tertiary/aromatic N) is 1. The van der Waals surface area contributed by atoms with Crippen LogP contribution in [0.4, 0.5) is 5.69 Å². The summed E-state index contributed by atoms with van der Waals surface area (Å²) in [7, 11) is 0. The first kappa shape index (κ1) is 12.0. The molecule has 0 fully saturated rings. The number of rotatable bonds is 3. The van der Waals surface area contributed by atoms with Crippen molar-refractivity contribution in [3.63, 3.8) is 0 Å². The van der Waals surface area contributed by atoms with Gasteiger partial charge in [-0.2, -0.15) is 0 Å². The van der Waals surface area contributed by atoms with Crippen LogP contribution < -0.4 is 5.32 Å². The Bertz CT molecular complexity index is 522. The molecule has 90 valence electrons. The van der Waals surface area contributed by atoms with Crippen molar-refractivity contribution >= 4 is 17.3 Å². The van der Waals surface area contributed by atoms with E-state index in [1.54, 1.807) is 12.4 Å². The Hall–Kier alpha value is -1.48. The third kappa shape index (κ3) is 2.61. The molecule has 0 bridgehead atoms. The van der Waals surface area contributed by atoms with Crippen molar-refractivity contribution in [1.82, 2.24) is 4.98 Å². The van der Waals surface area contributed by atoms with E-state index in [0.717, 1.165) is 22.8 Å². The summed E-state index contributed by atoms with van der Waals surface area (Å²) in [5.41, 5.74) is 2.03. The van der Waals surface area contributed by atoms with Crippen molar-refractivity contribution in [2.75, 3.05) is 5.32 Å². The highest BCUT2D eigenvalue weighted by atomic mass is 35.5. The van der Waals surface area contributed by atoms with E-state index in [0.29, 0.717) is 5.02 Å². The molecule has 0 aliphatic heterocycles. The molecule has 1 N–H and O–H groups in total. The molecule has 17 heavy (non-hydrogen) atoms. The zero-order valence-electron chi connectivity index (χ0n) is 10.1. The van der Waals surface area contributed by atoms with E-state index in [9.17, 15) is 0 Å². The molecule has 0 aromatic carbocycles. The Labute approximate surface area is 106 Å². The lowest BCUT2D eigenvalue weighted by atomic mass is 10.1. The Morgan fingerprint density at radius 2 is 2.18 bits per heavy atom. The largest absolute Gasteiger partial charge is 0.466 e. The number of hydrogen-bond donors (Lipinski definition) is 1. The number of hydrogen-bond acceptors (Lipinski definition) is 3. The monoisotopic (exact) mass is 250 g/mol. The lowest BCUT2D eigenvalue weighted by Gasteiger charge is -2.15. The molecule has 1 atom stereocenters. The first-order valence-electron chi connectivity index (χ1n) is 5.51. The number of furan rings is 1. The van der Waals surface area contributed by atoms with Gasteiger partial charge in [-0.05, 0) is 32.9 Å². The average Bonchev–Trinajstić information content (AvgIpc) is 2.61.